The van der Waals surface area contributed by atoms with Crippen LogP contribution in [0, 0.1) is 0 Å². The highest BCUT2D eigenvalue weighted by Crippen LogP contribution is 2.20. The van der Waals surface area contributed by atoms with Crippen LogP contribution in [0.2, 0.25) is 0 Å². The molecule has 0 spiro atoms. The van der Waals surface area contributed by atoms with Crippen LogP contribution < -0.4 is 0 Å². The molecule has 0 aliphatic heterocycles. The number of aromatic amines is 1. The summed E-state index contributed by atoms with van der Waals surface area (Å²) >= 11 is 0. The van der Waals surface area contributed by atoms with E-state index in [0.717, 1.165) is 17.0 Å². The first-order valence-corrected chi connectivity index (χ1v) is 5.32. The van der Waals surface area contributed by atoms with E-state index in [4.69, 9.17) is 0 Å². The van der Waals surface area contributed by atoms with Gasteiger partial charge in [-0.05, 0) is 12.1 Å². The zero-order valence-electron chi connectivity index (χ0n) is 9.04. The SMILES string of the molecule is c1ccc(-c2cc(-c3ncccn3)[nH]n2)cc1. The first-order valence-electron chi connectivity index (χ1n) is 5.32. The van der Waals surface area contributed by atoms with Gasteiger partial charge in [0.25, 0.3) is 0 Å². The number of aromatic nitrogens is 4. The van der Waals surface area contributed by atoms with Crippen molar-refractivity contribution in [1.29, 1.82) is 0 Å². The van der Waals surface area contributed by atoms with Gasteiger partial charge in [-0.1, -0.05) is 30.3 Å². The van der Waals surface area contributed by atoms with Gasteiger partial charge in [-0.25, -0.2) is 9.97 Å². The van der Waals surface area contributed by atoms with Crippen LogP contribution in [0.1, 0.15) is 0 Å². The van der Waals surface area contributed by atoms with Crippen molar-refractivity contribution in [2.24, 2.45) is 0 Å². The van der Waals surface area contributed by atoms with Gasteiger partial charge in [0, 0.05) is 18.0 Å². The first kappa shape index (κ1) is 9.72. The largest absolute Gasteiger partial charge is 0.274 e. The van der Waals surface area contributed by atoms with Gasteiger partial charge in [0.15, 0.2) is 5.82 Å². The second-order valence-corrected chi connectivity index (χ2v) is 3.61. The fourth-order valence-electron chi connectivity index (χ4n) is 1.63. The molecule has 0 unspecified atom stereocenters. The number of nitrogens with zero attached hydrogens (tertiary/aromatic N) is 3. The van der Waals surface area contributed by atoms with E-state index in [1.807, 2.05) is 36.4 Å². The van der Waals surface area contributed by atoms with Crippen LogP contribution in [0.5, 0.6) is 0 Å². The Kier molecular flexibility index (Phi) is 2.38. The number of H-pyrrole nitrogens is 1. The summed E-state index contributed by atoms with van der Waals surface area (Å²) in [5, 5.41) is 7.20. The van der Waals surface area contributed by atoms with E-state index in [9.17, 15) is 0 Å². The second-order valence-electron chi connectivity index (χ2n) is 3.61. The number of nitrogens with one attached hydrogen (secondary N) is 1. The molecule has 0 saturated carbocycles. The molecule has 0 saturated heterocycles. The lowest BCUT2D eigenvalue weighted by molar-refractivity contribution is 1.07. The van der Waals surface area contributed by atoms with Crippen molar-refractivity contribution in [3.63, 3.8) is 0 Å². The Bertz CT molecular complexity index is 548. The third-order valence-corrected chi connectivity index (χ3v) is 2.45. The summed E-state index contributed by atoms with van der Waals surface area (Å²) in [5.74, 6) is 0.655. The van der Waals surface area contributed by atoms with E-state index in [-0.39, 0.29) is 0 Å². The lowest BCUT2D eigenvalue weighted by Gasteiger charge is -1.93. The Balaban J connectivity index is 1.99. The molecule has 2 aromatic heterocycles. The molecule has 4 heteroatoms. The van der Waals surface area contributed by atoms with Gasteiger partial charge < -0.3 is 0 Å². The lowest BCUT2D eigenvalue weighted by Crippen LogP contribution is -1.85. The maximum absolute atomic E-state index is 4.26. The normalized spacial score (nSPS) is 10.4. The zero-order chi connectivity index (χ0) is 11.5. The Morgan fingerprint density at radius 1 is 0.882 bits per heavy atom. The van der Waals surface area contributed by atoms with Crippen molar-refractivity contribution < 1.29 is 0 Å². The third-order valence-electron chi connectivity index (χ3n) is 2.45. The monoisotopic (exact) mass is 222 g/mol. The maximum atomic E-state index is 4.26. The summed E-state index contributed by atoms with van der Waals surface area (Å²) in [6.07, 6.45) is 3.43. The van der Waals surface area contributed by atoms with Gasteiger partial charge in [-0.15, -0.1) is 0 Å². The van der Waals surface area contributed by atoms with E-state index in [1.165, 1.54) is 0 Å². The molecule has 0 aliphatic rings. The van der Waals surface area contributed by atoms with Crippen molar-refractivity contribution in [3.8, 4) is 22.8 Å². The zero-order valence-corrected chi connectivity index (χ0v) is 9.04. The fourth-order valence-corrected chi connectivity index (χ4v) is 1.63. The van der Waals surface area contributed by atoms with E-state index in [0.29, 0.717) is 5.82 Å². The summed E-state index contributed by atoms with van der Waals surface area (Å²) in [6.45, 7) is 0. The van der Waals surface area contributed by atoms with Gasteiger partial charge in [0.2, 0.25) is 0 Å². The molecule has 0 amide bonds. The van der Waals surface area contributed by atoms with Crippen LogP contribution in [0.3, 0.4) is 0 Å². The molecule has 1 N–H and O–H groups in total. The van der Waals surface area contributed by atoms with Crippen molar-refractivity contribution in [3.05, 3.63) is 54.9 Å². The third kappa shape index (κ3) is 1.92. The highest BCUT2D eigenvalue weighted by atomic mass is 15.1. The quantitative estimate of drug-likeness (QED) is 0.724. The molecule has 0 bridgehead atoms. The van der Waals surface area contributed by atoms with Crippen LogP contribution in [0.15, 0.2) is 54.9 Å². The highest BCUT2D eigenvalue weighted by molar-refractivity contribution is 5.64. The molecule has 1 aromatic carbocycles. The van der Waals surface area contributed by atoms with Crippen molar-refractivity contribution in [2.45, 2.75) is 0 Å². The predicted molar refractivity (Wildman–Crippen MR) is 65.0 cm³/mol. The average molecular weight is 222 g/mol. The minimum Gasteiger partial charge on any atom is -0.274 e. The molecule has 4 nitrogen and oxygen atoms in total. The minimum atomic E-state index is 0.655. The highest BCUT2D eigenvalue weighted by Gasteiger charge is 2.06. The Morgan fingerprint density at radius 2 is 1.65 bits per heavy atom. The molecule has 0 fully saturated rings. The molecular weight excluding hydrogens is 212 g/mol. The molecule has 3 rings (SSSR count). The number of hydrogen-bond acceptors (Lipinski definition) is 3. The molecule has 0 radical (unpaired) electrons. The number of rotatable bonds is 2. The van der Waals surface area contributed by atoms with Gasteiger partial charge in [-0.3, -0.25) is 5.10 Å². The summed E-state index contributed by atoms with van der Waals surface area (Å²) in [7, 11) is 0. The van der Waals surface area contributed by atoms with Crippen LogP contribution >= 0.6 is 0 Å². The fraction of sp³-hybridized carbons (Fsp3) is 0. The van der Waals surface area contributed by atoms with Gasteiger partial charge >= 0.3 is 0 Å². The number of benzene rings is 1. The minimum absolute atomic E-state index is 0.655. The maximum Gasteiger partial charge on any atom is 0.177 e. The Hall–Kier alpha value is -2.49. The smallest absolute Gasteiger partial charge is 0.177 e. The van der Waals surface area contributed by atoms with Crippen LogP contribution in [0.4, 0.5) is 0 Å². The van der Waals surface area contributed by atoms with E-state index >= 15 is 0 Å². The van der Waals surface area contributed by atoms with Crippen molar-refractivity contribution in [1.82, 2.24) is 20.2 Å². The van der Waals surface area contributed by atoms with Crippen LogP contribution in [-0.4, -0.2) is 20.2 Å². The molecule has 17 heavy (non-hydrogen) atoms. The summed E-state index contributed by atoms with van der Waals surface area (Å²) in [6, 6.07) is 13.7. The van der Waals surface area contributed by atoms with E-state index < -0.39 is 0 Å². The summed E-state index contributed by atoms with van der Waals surface area (Å²) in [4.78, 5) is 8.35. The molecule has 0 atom stereocenters. The van der Waals surface area contributed by atoms with Crippen molar-refractivity contribution in [2.75, 3.05) is 0 Å². The van der Waals surface area contributed by atoms with Crippen LogP contribution in [-0.2, 0) is 0 Å². The summed E-state index contributed by atoms with van der Waals surface area (Å²) in [5.41, 5.74) is 2.79. The van der Waals surface area contributed by atoms with E-state index in [1.54, 1.807) is 18.5 Å². The Labute approximate surface area is 98.4 Å². The van der Waals surface area contributed by atoms with Gasteiger partial charge in [-0.2, -0.15) is 5.10 Å². The standard InChI is InChI=1S/C13H10N4/c1-2-5-10(6-3-1)11-9-12(17-16-11)13-14-7-4-8-15-13/h1-9H,(H,16,17). The summed E-state index contributed by atoms with van der Waals surface area (Å²) < 4.78 is 0. The molecule has 2 heterocycles. The molecular formula is C13H10N4. The predicted octanol–water partition coefficient (Wildman–Crippen LogP) is 2.53. The van der Waals surface area contributed by atoms with E-state index in [2.05, 4.69) is 20.2 Å². The molecule has 82 valence electrons. The molecule has 3 aromatic rings. The van der Waals surface area contributed by atoms with Gasteiger partial charge in [0.05, 0.1) is 5.69 Å². The first-order chi connectivity index (χ1) is 8.43. The molecule has 0 aliphatic carbocycles. The topological polar surface area (TPSA) is 54.5 Å². The van der Waals surface area contributed by atoms with Crippen molar-refractivity contribution >= 4 is 0 Å². The average Bonchev–Trinajstić information content (AvgIpc) is 2.90. The van der Waals surface area contributed by atoms with Gasteiger partial charge in [0.1, 0.15) is 5.69 Å². The Morgan fingerprint density at radius 3 is 2.41 bits per heavy atom. The second kappa shape index (κ2) is 4.17. The number of hydrogen-bond donors (Lipinski definition) is 1. The van der Waals surface area contributed by atoms with Crippen LogP contribution in [0.25, 0.3) is 22.8 Å². The lowest BCUT2D eigenvalue weighted by atomic mass is 10.1.